The van der Waals surface area contributed by atoms with Crippen molar-refractivity contribution in [1.29, 1.82) is 0 Å². The molecule has 0 aromatic rings. The summed E-state index contributed by atoms with van der Waals surface area (Å²) >= 11 is 0. The summed E-state index contributed by atoms with van der Waals surface area (Å²) in [7, 11) is 0. The Kier molecular flexibility index (Phi) is 5.37. The Morgan fingerprint density at radius 2 is 2.00 bits per heavy atom. The molecule has 0 aromatic carbocycles. The molecular weight excluding hydrogens is 224 g/mol. The van der Waals surface area contributed by atoms with Crippen molar-refractivity contribution >= 4 is 11.9 Å². The van der Waals surface area contributed by atoms with Crippen LogP contribution >= 0.6 is 0 Å². The van der Waals surface area contributed by atoms with Crippen LogP contribution in [0.15, 0.2) is 0 Å². The highest BCUT2D eigenvalue weighted by Crippen LogP contribution is 2.18. The van der Waals surface area contributed by atoms with Crippen molar-refractivity contribution in [2.45, 2.75) is 56.7 Å². The monoisotopic (exact) mass is 244 g/mol. The fraction of sp³-hybridized carbons (Fsp3) is 0.818. The minimum absolute atomic E-state index is 0.115. The van der Waals surface area contributed by atoms with Gasteiger partial charge in [0.1, 0.15) is 0 Å². The van der Waals surface area contributed by atoms with E-state index in [2.05, 4.69) is 5.32 Å². The molecule has 0 heterocycles. The number of aliphatic hydroxyl groups is 1. The molecule has 17 heavy (non-hydrogen) atoms. The first-order chi connectivity index (χ1) is 8.00. The van der Waals surface area contributed by atoms with Gasteiger partial charge in [0, 0.05) is 6.42 Å². The van der Waals surface area contributed by atoms with Crippen molar-refractivity contribution in [1.82, 2.24) is 5.32 Å². The Balaban J connectivity index is 2.34. The molecule has 0 bridgehead atoms. The van der Waals surface area contributed by atoms with E-state index in [4.69, 9.17) is 10.8 Å². The number of carbonyl (C=O) groups is 2. The van der Waals surface area contributed by atoms with Gasteiger partial charge in [0.25, 0.3) is 0 Å². The maximum absolute atomic E-state index is 11.6. The molecule has 1 aliphatic carbocycles. The minimum atomic E-state index is -0.967. The largest absolute Gasteiger partial charge is 0.481 e. The number of carboxylic acids is 1. The maximum Gasteiger partial charge on any atom is 0.303 e. The fourth-order valence-corrected chi connectivity index (χ4v) is 1.98. The Morgan fingerprint density at radius 3 is 2.59 bits per heavy atom. The van der Waals surface area contributed by atoms with Gasteiger partial charge in [-0.05, 0) is 19.3 Å². The van der Waals surface area contributed by atoms with E-state index in [1.165, 1.54) is 0 Å². The first-order valence-corrected chi connectivity index (χ1v) is 5.96. The van der Waals surface area contributed by atoms with Crippen LogP contribution in [0, 0.1) is 0 Å². The van der Waals surface area contributed by atoms with Crippen molar-refractivity contribution < 1.29 is 19.8 Å². The third kappa shape index (κ3) is 4.70. The Hall–Kier alpha value is -1.14. The molecule has 0 radical (unpaired) electrons. The summed E-state index contributed by atoms with van der Waals surface area (Å²) < 4.78 is 0. The third-order valence-electron chi connectivity index (χ3n) is 3.06. The quantitative estimate of drug-likeness (QED) is 0.525. The lowest BCUT2D eigenvalue weighted by Crippen LogP contribution is -2.50. The number of aliphatic carboxylic acids is 1. The van der Waals surface area contributed by atoms with Crippen LogP contribution in [0.25, 0.3) is 0 Å². The SMILES string of the molecule is NC(CCC(=O)O)C(=O)NC1CCCCC1O. The minimum Gasteiger partial charge on any atom is -0.481 e. The van der Waals surface area contributed by atoms with E-state index in [0.29, 0.717) is 6.42 Å². The van der Waals surface area contributed by atoms with Crippen molar-refractivity contribution in [3.8, 4) is 0 Å². The van der Waals surface area contributed by atoms with E-state index < -0.39 is 18.1 Å². The van der Waals surface area contributed by atoms with Gasteiger partial charge in [-0.25, -0.2) is 0 Å². The molecule has 0 aromatic heterocycles. The van der Waals surface area contributed by atoms with Gasteiger partial charge < -0.3 is 21.3 Å². The number of nitrogens with two attached hydrogens (primary N) is 1. The summed E-state index contributed by atoms with van der Waals surface area (Å²) in [5, 5.41) is 20.8. The molecule has 1 fully saturated rings. The van der Waals surface area contributed by atoms with Gasteiger partial charge >= 0.3 is 5.97 Å². The van der Waals surface area contributed by atoms with Crippen LogP contribution in [-0.4, -0.2) is 40.3 Å². The average Bonchev–Trinajstić information content (AvgIpc) is 2.28. The number of hydrogen-bond donors (Lipinski definition) is 4. The molecule has 0 saturated heterocycles. The van der Waals surface area contributed by atoms with Crippen molar-refractivity contribution in [3.05, 3.63) is 0 Å². The number of aliphatic hydroxyl groups excluding tert-OH is 1. The lowest BCUT2D eigenvalue weighted by molar-refractivity contribution is -0.137. The van der Waals surface area contributed by atoms with E-state index in [9.17, 15) is 14.7 Å². The van der Waals surface area contributed by atoms with Crippen LogP contribution in [0.4, 0.5) is 0 Å². The van der Waals surface area contributed by atoms with Crippen LogP contribution in [0.2, 0.25) is 0 Å². The predicted octanol–water partition coefficient (Wildman–Crippen LogP) is -0.402. The number of carbonyl (C=O) groups excluding carboxylic acids is 1. The highest BCUT2D eigenvalue weighted by molar-refractivity contribution is 5.82. The molecule has 1 amide bonds. The third-order valence-corrected chi connectivity index (χ3v) is 3.06. The Labute approximate surface area is 100 Å². The zero-order valence-electron chi connectivity index (χ0n) is 9.76. The summed E-state index contributed by atoms with van der Waals surface area (Å²) in [5.41, 5.74) is 5.57. The van der Waals surface area contributed by atoms with Gasteiger partial charge in [-0.3, -0.25) is 9.59 Å². The molecule has 1 saturated carbocycles. The Bertz CT molecular complexity index is 283. The van der Waals surface area contributed by atoms with E-state index in [0.717, 1.165) is 19.3 Å². The molecule has 6 heteroatoms. The first kappa shape index (κ1) is 13.9. The normalized spacial score (nSPS) is 26.2. The average molecular weight is 244 g/mol. The van der Waals surface area contributed by atoms with Crippen LogP contribution in [0.3, 0.4) is 0 Å². The molecule has 1 aliphatic rings. The standard InChI is InChI=1S/C11H20N2O4/c12-7(5-6-10(15)16)11(17)13-8-3-1-2-4-9(8)14/h7-9,14H,1-6,12H2,(H,13,17)(H,15,16). The number of carboxylic acid groups (broad SMARTS) is 1. The van der Waals surface area contributed by atoms with Gasteiger partial charge in [0.2, 0.25) is 5.91 Å². The zero-order chi connectivity index (χ0) is 12.8. The molecule has 6 nitrogen and oxygen atoms in total. The lowest BCUT2D eigenvalue weighted by atomic mass is 9.92. The number of rotatable bonds is 5. The molecule has 98 valence electrons. The Morgan fingerprint density at radius 1 is 1.35 bits per heavy atom. The maximum atomic E-state index is 11.6. The molecule has 3 unspecified atom stereocenters. The number of amides is 1. The van der Waals surface area contributed by atoms with Gasteiger partial charge in [-0.1, -0.05) is 12.8 Å². The van der Waals surface area contributed by atoms with Crippen molar-refractivity contribution in [3.63, 3.8) is 0 Å². The summed E-state index contributed by atoms with van der Waals surface area (Å²) in [6.07, 6.45) is 2.87. The number of nitrogens with one attached hydrogen (secondary N) is 1. The molecule has 0 spiro atoms. The van der Waals surface area contributed by atoms with Gasteiger partial charge in [-0.2, -0.15) is 0 Å². The summed E-state index contributed by atoms with van der Waals surface area (Å²) in [6, 6.07) is -1.06. The summed E-state index contributed by atoms with van der Waals surface area (Å²) in [6.45, 7) is 0. The lowest BCUT2D eigenvalue weighted by Gasteiger charge is -2.29. The van der Waals surface area contributed by atoms with Crippen LogP contribution in [0.5, 0.6) is 0 Å². The topological polar surface area (TPSA) is 113 Å². The number of hydrogen-bond acceptors (Lipinski definition) is 4. The highest BCUT2D eigenvalue weighted by atomic mass is 16.4. The van der Waals surface area contributed by atoms with Crippen LogP contribution in [-0.2, 0) is 9.59 Å². The fourth-order valence-electron chi connectivity index (χ4n) is 1.98. The summed E-state index contributed by atoms with van der Waals surface area (Å²) in [5.74, 6) is -1.34. The summed E-state index contributed by atoms with van der Waals surface area (Å²) in [4.78, 5) is 22.0. The highest BCUT2D eigenvalue weighted by Gasteiger charge is 2.26. The smallest absolute Gasteiger partial charge is 0.303 e. The van der Waals surface area contributed by atoms with E-state index in [-0.39, 0.29) is 24.8 Å². The van der Waals surface area contributed by atoms with Crippen LogP contribution < -0.4 is 11.1 Å². The second kappa shape index (κ2) is 6.56. The predicted molar refractivity (Wildman–Crippen MR) is 61.3 cm³/mol. The van der Waals surface area contributed by atoms with E-state index in [1.807, 2.05) is 0 Å². The van der Waals surface area contributed by atoms with E-state index >= 15 is 0 Å². The van der Waals surface area contributed by atoms with E-state index in [1.54, 1.807) is 0 Å². The molecule has 0 aliphatic heterocycles. The second-order valence-corrected chi connectivity index (χ2v) is 4.51. The molecule has 3 atom stereocenters. The van der Waals surface area contributed by atoms with Crippen molar-refractivity contribution in [2.24, 2.45) is 5.73 Å². The zero-order valence-corrected chi connectivity index (χ0v) is 9.76. The second-order valence-electron chi connectivity index (χ2n) is 4.51. The van der Waals surface area contributed by atoms with Crippen molar-refractivity contribution in [2.75, 3.05) is 0 Å². The molecular formula is C11H20N2O4. The molecule has 5 N–H and O–H groups in total. The van der Waals surface area contributed by atoms with Crippen LogP contribution in [0.1, 0.15) is 38.5 Å². The molecule has 1 rings (SSSR count). The first-order valence-electron chi connectivity index (χ1n) is 5.96. The van der Waals surface area contributed by atoms with Gasteiger partial charge in [-0.15, -0.1) is 0 Å². The van der Waals surface area contributed by atoms with Gasteiger partial charge in [0.15, 0.2) is 0 Å². The van der Waals surface area contributed by atoms with Gasteiger partial charge in [0.05, 0.1) is 18.2 Å².